The maximum Gasteiger partial charge on any atom is 0.296 e. The van der Waals surface area contributed by atoms with Crippen LogP contribution in [0.4, 0.5) is 4.39 Å². The number of rotatable bonds is 3. The van der Waals surface area contributed by atoms with E-state index in [1.807, 2.05) is 0 Å². The van der Waals surface area contributed by atoms with Crippen molar-refractivity contribution in [3.05, 3.63) is 28.5 Å². The Morgan fingerprint density at radius 1 is 1.37 bits per heavy atom. The second-order valence-electron chi connectivity index (χ2n) is 3.65. The van der Waals surface area contributed by atoms with Gasteiger partial charge < -0.3 is 0 Å². The van der Waals surface area contributed by atoms with Gasteiger partial charge in [-0.05, 0) is 25.1 Å². The lowest BCUT2D eigenvalue weighted by molar-refractivity contribution is 0.582. The minimum atomic E-state index is -4.00. The SMILES string of the molecule is CCn1c(-c2cc(F)cc(Br)c2)nnc1S(=O)(=O)Cl. The fourth-order valence-corrected chi connectivity index (χ4v) is 3.08. The van der Waals surface area contributed by atoms with Gasteiger partial charge in [0.15, 0.2) is 5.82 Å². The Balaban J connectivity index is 2.67. The van der Waals surface area contributed by atoms with Crippen LogP contribution in [0, 0.1) is 5.82 Å². The normalized spacial score (nSPS) is 11.8. The van der Waals surface area contributed by atoms with Gasteiger partial charge in [-0.25, -0.2) is 12.8 Å². The van der Waals surface area contributed by atoms with Gasteiger partial charge in [0, 0.05) is 27.3 Å². The Morgan fingerprint density at radius 2 is 2.05 bits per heavy atom. The molecule has 1 heterocycles. The van der Waals surface area contributed by atoms with E-state index in [0.717, 1.165) is 0 Å². The highest BCUT2D eigenvalue weighted by atomic mass is 79.9. The molecule has 0 fully saturated rings. The molecular weight excluding hydrogens is 361 g/mol. The van der Waals surface area contributed by atoms with Gasteiger partial charge in [0.1, 0.15) is 5.82 Å². The van der Waals surface area contributed by atoms with Crippen LogP contribution in [-0.2, 0) is 15.6 Å². The number of hydrogen-bond acceptors (Lipinski definition) is 4. The topological polar surface area (TPSA) is 64.8 Å². The standard InChI is InChI=1S/C10H8BrClFN3O2S/c1-2-16-9(14-15-10(16)19(12,17)18)6-3-7(11)5-8(13)4-6/h3-5H,2H2,1H3. The highest BCUT2D eigenvalue weighted by Crippen LogP contribution is 2.26. The Labute approximate surface area is 122 Å². The van der Waals surface area contributed by atoms with E-state index in [1.54, 1.807) is 13.0 Å². The number of nitrogens with zero attached hydrogens (tertiary/aromatic N) is 3. The fraction of sp³-hybridized carbons (Fsp3) is 0.200. The lowest BCUT2D eigenvalue weighted by Crippen LogP contribution is -2.06. The molecule has 0 amide bonds. The van der Waals surface area contributed by atoms with Crippen molar-refractivity contribution in [3.8, 4) is 11.4 Å². The molecule has 0 aliphatic rings. The molecule has 0 radical (unpaired) electrons. The smallest absolute Gasteiger partial charge is 0.296 e. The molecule has 1 aromatic carbocycles. The molecule has 0 N–H and O–H groups in total. The first-order chi connectivity index (χ1) is 8.82. The number of aromatic nitrogens is 3. The summed E-state index contributed by atoms with van der Waals surface area (Å²) in [5.41, 5.74) is 0.410. The van der Waals surface area contributed by atoms with Gasteiger partial charge in [-0.1, -0.05) is 15.9 Å². The van der Waals surface area contributed by atoms with Crippen LogP contribution in [0.2, 0.25) is 0 Å². The highest BCUT2D eigenvalue weighted by Gasteiger charge is 2.22. The quantitative estimate of drug-likeness (QED) is 0.782. The summed E-state index contributed by atoms with van der Waals surface area (Å²) < 4.78 is 37.9. The zero-order chi connectivity index (χ0) is 14.2. The molecule has 0 aliphatic heterocycles. The van der Waals surface area contributed by atoms with E-state index in [9.17, 15) is 12.8 Å². The molecule has 0 bridgehead atoms. The van der Waals surface area contributed by atoms with Crippen LogP contribution >= 0.6 is 26.6 Å². The summed E-state index contributed by atoms with van der Waals surface area (Å²) in [6.07, 6.45) is 0. The molecule has 102 valence electrons. The third kappa shape index (κ3) is 2.96. The molecule has 0 atom stereocenters. The van der Waals surface area contributed by atoms with Crippen LogP contribution < -0.4 is 0 Å². The van der Waals surface area contributed by atoms with Gasteiger partial charge in [-0.3, -0.25) is 4.57 Å². The van der Waals surface area contributed by atoms with Crippen molar-refractivity contribution in [1.29, 1.82) is 0 Å². The predicted molar refractivity (Wildman–Crippen MR) is 71.8 cm³/mol. The summed E-state index contributed by atoms with van der Waals surface area (Å²) in [4.78, 5) is 0. The maximum atomic E-state index is 13.4. The minimum absolute atomic E-state index is 0.238. The van der Waals surface area contributed by atoms with Crippen molar-refractivity contribution in [2.75, 3.05) is 0 Å². The van der Waals surface area contributed by atoms with E-state index < -0.39 is 14.9 Å². The maximum absolute atomic E-state index is 13.4. The summed E-state index contributed by atoms with van der Waals surface area (Å²) in [5, 5.41) is 6.96. The molecule has 9 heteroatoms. The molecule has 0 saturated heterocycles. The van der Waals surface area contributed by atoms with Gasteiger partial charge in [-0.15, -0.1) is 10.2 Å². The molecule has 0 unspecified atom stereocenters. The minimum Gasteiger partial charge on any atom is -0.297 e. The summed E-state index contributed by atoms with van der Waals surface area (Å²) in [5.74, 6) is -0.229. The molecular formula is C10H8BrClFN3O2S. The molecule has 2 rings (SSSR count). The van der Waals surface area contributed by atoms with Crippen LogP contribution in [0.25, 0.3) is 11.4 Å². The molecule has 19 heavy (non-hydrogen) atoms. The summed E-state index contributed by atoms with van der Waals surface area (Å²) in [7, 11) is 1.27. The van der Waals surface area contributed by atoms with Crippen molar-refractivity contribution in [3.63, 3.8) is 0 Å². The van der Waals surface area contributed by atoms with Gasteiger partial charge in [0.05, 0.1) is 0 Å². The van der Waals surface area contributed by atoms with Crippen molar-refractivity contribution in [2.24, 2.45) is 0 Å². The third-order valence-corrected chi connectivity index (χ3v) is 3.98. The Morgan fingerprint density at radius 3 is 2.58 bits per heavy atom. The number of hydrogen-bond donors (Lipinski definition) is 0. The number of halogens is 3. The van der Waals surface area contributed by atoms with Crippen molar-refractivity contribution in [1.82, 2.24) is 14.8 Å². The van der Waals surface area contributed by atoms with Crippen LogP contribution in [0.5, 0.6) is 0 Å². The summed E-state index contributed by atoms with van der Waals surface area (Å²) in [6.45, 7) is 2.00. The summed E-state index contributed by atoms with van der Waals surface area (Å²) >= 11 is 3.16. The van der Waals surface area contributed by atoms with Crippen molar-refractivity contribution in [2.45, 2.75) is 18.6 Å². The van der Waals surface area contributed by atoms with Gasteiger partial charge in [0.2, 0.25) is 0 Å². The second-order valence-corrected chi connectivity index (χ2v) is 7.02. The molecule has 0 saturated carbocycles. The Kier molecular flexibility index (Phi) is 3.93. The van der Waals surface area contributed by atoms with E-state index >= 15 is 0 Å². The molecule has 0 aliphatic carbocycles. The Bertz CT molecular complexity index is 712. The van der Waals surface area contributed by atoms with Gasteiger partial charge in [0.25, 0.3) is 14.2 Å². The second kappa shape index (κ2) is 5.18. The molecule has 0 spiro atoms. The highest BCUT2D eigenvalue weighted by molar-refractivity contribution is 9.10. The largest absolute Gasteiger partial charge is 0.297 e. The van der Waals surface area contributed by atoms with E-state index in [-0.39, 0.29) is 17.5 Å². The lowest BCUT2D eigenvalue weighted by atomic mass is 10.2. The van der Waals surface area contributed by atoms with Crippen LogP contribution in [0.15, 0.2) is 27.8 Å². The average molecular weight is 369 g/mol. The van der Waals surface area contributed by atoms with Gasteiger partial charge in [-0.2, -0.15) is 0 Å². The predicted octanol–water partition coefficient (Wildman–Crippen LogP) is 2.79. The zero-order valence-electron chi connectivity index (χ0n) is 9.64. The van der Waals surface area contributed by atoms with E-state index in [2.05, 4.69) is 26.1 Å². The summed E-state index contributed by atoms with van der Waals surface area (Å²) in [6, 6.07) is 4.14. The van der Waals surface area contributed by atoms with Crippen LogP contribution in [0.1, 0.15) is 6.92 Å². The first-order valence-electron chi connectivity index (χ1n) is 5.17. The van der Waals surface area contributed by atoms with Gasteiger partial charge >= 0.3 is 0 Å². The molecule has 5 nitrogen and oxygen atoms in total. The molecule has 2 aromatic rings. The van der Waals surface area contributed by atoms with E-state index in [4.69, 9.17) is 10.7 Å². The van der Waals surface area contributed by atoms with E-state index in [0.29, 0.717) is 10.0 Å². The van der Waals surface area contributed by atoms with Crippen LogP contribution in [-0.4, -0.2) is 23.2 Å². The third-order valence-electron chi connectivity index (χ3n) is 2.37. The first-order valence-corrected chi connectivity index (χ1v) is 8.27. The number of benzene rings is 1. The first kappa shape index (κ1) is 14.4. The molecule has 1 aromatic heterocycles. The lowest BCUT2D eigenvalue weighted by Gasteiger charge is -2.06. The average Bonchev–Trinajstić information content (AvgIpc) is 2.70. The van der Waals surface area contributed by atoms with Crippen LogP contribution in [0.3, 0.4) is 0 Å². The monoisotopic (exact) mass is 367 g/mol. The van der Waals surface area contributed by atoms with Crippen molar-refractivity contribution >= 4 is 35.7 Å². The Hall–Kier alpha value is -0.990. The van der Waals surface area contributed by atoms with Crippen molar-refractivity contribution < 1.29 is 12.8 Å². The zero-order valence-corrected chi connectivity index (χ0v) is 12.8. The fourth-order valence-electron chi connectivity index (χ4n) is 1.65. The van der Waals surface area contributed by atoms with E-state index in [1.165, 1.54) is 16.7 Å².